The first kappa shape index (κ1) is 25.6. The molecule has 4 rings (SSSR count). The van der Waals surface area contributed by atoms with Crippen molar-refractivity contribution in [2.24, 2.45) is 10.8 Å². The van der Waals surface area contributed by atoms with Gasteiger partial charge in [0.25, 0.3) is 21.8 Å². The first-order valence-electron chi connectivity index (χ1n) is 11.4. The maximum atomic E-state index is 13.6. The van der Waals surface area contributed by atoms with Gasteiger partial charge in [-0.2, -0.15) is 5.10 Å². The fourth-order valence-corrected chi connectivity index (χ4v) is 5.17. The van der Waals surface area contributed by atoms with Crippen molar-refractivity contribution in [1.29, 1.82) is 0 Å². The maximum absolute atomic E-state index is 13.6. The van der Waals surface area contributed by atoms with E-state index in [1.165, 1.54) is 12.1 Å². The average Bonchev–Trinajstić information content (AvgIpc) is 3.20. The van der Waals surface area contributed by atoms with Gasteiger partial charge in [-0.1, -0.05) is 48.0 Å². The predicted molar refractivity (Wildman–Crippen MR) is 139 cm³/mol. The number of nitrogens with one attached hydrogen (secondary N) is 2. The molecule has 1 heterocycles. The van der Waals surface area contributed by atoms with E-state index in [-0.39, 0.29) is 22.7 Å². The van der Waals surface area contributed by atoms with Crippen LogP contribution < -0.4 is 20.8 Å². The van der Waals surface area contributed by atoms with E-state index in [1.807, 2.05) is 6.92 Å². The Morgan fingerprint density at radius 3 is 2.35 bits per heavy atom. The van der Waals surface area contributed by atoms with Gasteiger partial charge >= 0.3 is 0 Å². The topological polar surface area (TPSA) is 151 Å². The zero-order chi connectivity index (χ0) is 26.6. The van der Waals surface area contributed by atoms with E-state index in [4.69, 9.17) is 5.73 Å². The highest BCUT2D eigenvalue weighted by molar-refractivity contribution is 7.92. The Balaban J connectivity index is 1.58. The number of anilines is 2. The highest BCUT2D eigenvalue weighted by Gasteiger charge is 2.29. The lowest BCUT2D eigenvalue weighted by Gasteiger charge is -2.24. The number of benzene rings is 3. The second kappa shape index (κ2) is 10.6. The van der Waals surface area contributed by atoms with Crippen LogP contribution >= 0.6 is 0 Å². The normalized spacial score (nSPS) is 13.6. The second-order valence-electron chi connectivity index (χ2n) is 8.45. The smallest absolute Gasteiger partial charge is 0.276 e. The van der Waals surface area contributed by atoms with Crippen LogP contribution in [-0.2, 0) is 30.8 Å². The Labute approximate surface area is 214 Å². The molecule has 4 N–H and O–H groups in total. The van der Waals surface area contributed by atoms with Crippen LogP contribution in [0.1, 0.15) is 23.1 Å². The summed E-state index contributed by atoms with van der Waals surface area (Å²) in [5.41, 5.74) is 10.6. The van der Waals surface area contributed by atoms with Gasteiger partial charge in [0.1, 0.15) is 6.54 Å². The number of hydrazone groups is 1. The van der Waals surface area contributed by atoms with E-state index in [2.05, 4.69) is 15.8 Å². The molecule has 0 saturated carbocycles. The Kier molecular flexibility index (Phi) is 7.35. The SMILES string of the molecule is Cc1ccc(N(CC(=O)N/N=C2\C(=O)Nc3ccccc32)S(=O)(=O)c2ccc(CCC(N)=O)cc2)cc1. The molecule has 3 aromatic rings. The number of carbonyl (C=O) groups is 3. The van der Waals surface area contributed by atoms with Crippen molar-refractivity contribution in [3.63, 3.8) is 0 Å². The molecule has 0 spiro atoms. The number of para-hydroxylation sites is 1. The van der Waals surface area contributed by atoms with Crippen LogP contribution in [-0.4, -0.2) is 38.4 Å². The molecule has 1 aliphatic heterocycles. The van der Waals surface area contributed by atoms with Crippen molar-refractivity contribution in [2.45, 2.75) is 24.7 Å². The minimum absolute atomic E-state index is 0.0280. The summed E-state index contributed by atoms with van der Waals surface area (Å²) in [6, 6.07) is 19.6. The Morgan fingerprint density at radius 1 is 1.00 bits per heavy atom. The molecule has 0 atom stereocenters. The van der Waals surface area contributed by atoms with E-state index in [9.17, 15) is 22.8 Å². The summed E-state index contributed by atoms with van der Waals surface area (Å²) in [7, 11) is -4.15. The third kappa shape index (κ3) is 5.84. The van der Waals surface area contributed by atoms with Gasteiger partial charge in [-0.05, 0) is 49.2 Å². The number of primary amides is 1. The molecular weight excluding hydrogens is 494 g/mol. The third-order valence-corrected chi connectivity index (χ3v) is 7.51. The molecule has 10 nitrogen and oxygen atoms in total. The molecule has 190 valence electrons. The van der Waals surface area contributed by atoms with Crippen LogP contribution in [0.2, 0.25) is 0 Å². The highest BCUT2D eigenvalue weighted by atomic mass is 32.2. The lowest BCUT2D eigenvalue weighted by molar-refractivity contribution is -0.119. The number of rotatable bonds is 9. The van der Waals surface area contributed by atoms with Crippen molar-refractivity contribution in [3.8, 4) is 0 Å². The summed E-state index contributed by atoms with van der Waals surface area (Å²) in [6.45, 7) is 1.29. The van der Waals surface area contributed by atoms with Crippen LogP contribution in [0.3, 0.4) is 0 Å². The van der Waals surface area contributed by atoms with E-state index >= 15 is 0 Å². The Bertz CT molecular complexity index is 1480. The molecule has 3 aromatic carbocycles. The molecular formula is C26H25N5O5S. The zero-order valence-electron chi connectivity index (χ0n) is 20.0. The molecule has 3 amide bonds. The average molecular weight is 520 g/mol. The zero-order valence-corrected chi connectivity index (χ0v) is 20.8. The lowest BCUT2D eigenvalue weighted by atomic mass is 10.1. The van der Waals surface area contributed by atoms with Crippen molar-refractivity contribution >= 4 is 44.8 Å². The maximum Gasteiger partial charge on any atom is 0.276 e. The minimum atomic E-state index is -4.15. The first-order valence-corrected chi connectivity index (χ1v) is 12.8. The summed E-state index contributed by atoms with van der Waals surface area (Å²) in [4.78, 5) is 36.1. The molecule has 37 heavy (non-hydrogen) atoms. The Morgan fingerprint density at radius 2 is 1.68 bits per heavy atom. The number of aryl methyl sites for hydroxylation is 2. The quantitative estimate of drug-likeness (QED) is 0.370. The molecule has 1 aliphatic rings. The lowest BCUT2D eigenvalue weighted by Crippen LogP contribution is -2.40. The standard InChI is InChI=1S/C26H25N5O5S/c1-17-6-11-19(12-7-17)31(37(35,36)20-13-8-18(9-14-20)10-15-23(27)32)16-24(33)29-30-25-21-4-2-3-5-22(21)28-26(25)34/h2-9,11-14H,10,15-16H2,1H3,(H2,27,32)(H,29,33)(H,28,30,34). The van der Waals surface area contributed by atoms with Gasteiger partial charge < -0.3 is 11.1 Å². The van der Waals surface area contributed by atoms with Gasteiger partial charge in [0.05, 0.1) is 16.3 Å². The molecule has 0 unspecified atom stereocenters. The van der Waals surface area contributed by atoms with Gasteiger partial charge in [-0.25, -0.2) is 13.8 Å². The summed E-state index contributed by atoms with van der Waals surface area (Å²) < 4.78 is 28.1. The molecule has 0 saturated heterocycles. The summed E-state index contributed by atoms with van der Waals surface area (Å²) in [5.74, 6) is -1.65. The molecule has 0 aliphatic carbocycles. The van der Waals surface area contributed by atoms with Crippen LogP contribution in [0.4, 0.5) is 11.4 Å². The fraction of sp³-hybridized carbons (Fsp3) is 0.154. The van der Waals surface area contributed by atoms with Crippen molar-refractivity contribution in [2.75, 3.05) is 16.2 Å². The minimum Gasteiger partial charge on any atom is -0.370 e. The van der Waals surface area contributed by atoms with Crippen LogP contribution in [0.5, 0.6) is 0 Å². The predicted octanol–water partition coefficient (Wildman–Crippen LogP) is 2.08. The van der Waals surface area contributed by atoms with Crippen molar-refractivity contribution in [3.05, 3.63) is 89.5 Å². The van der Waals surface area contributed by atoms with Crippen LogP contribution in [0.15, 0.2) is 82.8 Å². The summed E-state index contributed by atoms with van der Waals surface area (Å²) in [5, 5.41) is 6.61. The number of fused-ring (bicyclic) bond motifs is 1. The third-order valence-electron chi connectivity index (χ3n) is 5.72. The number of nitrogens with two attached hydrogens (primary N) is 1. The molecule has 11 heteroatoms. The summed E-state index contributed by atoms with van der Waals surface area (Å²) in [6.07, 6.45) is 0.531. The number of nitrogens with zero attached hydrogens (tertiary/aromatic N) is 2. The van der Waals surface area contributed by atoms with Gasteiger partial charge in [0, 0.05) is 12.0 Å². The van der Waals surface area contributed by atoms with Gasteiger partial charge in [0.15, 0.2) is 5.71 Å². The molecule has 0 fully saturated rings. The van der Waals surface area contributed by atoms with Gasteiger partial charge in [-0.3, -0.25) is 18.7 Å². The van der Waals surface area contributed by atoms with Crippen molar-refractivity contribution in [1.82, 2.24) is 5.43 Å². The monoisotopic (exact) mass is 519 g/mol. The Hall–Kier alpha value is -4.51. The first-order chi connectivity index (χ1) is 17.6. The number of hydrogen-bond acceptors (Lipinski definition) is 6. The highest BCUT2D eigenvalue weighted by Crippen LogP contribution is 2.25. The fourth-order valence-electron chi connectivity index (χ4n) is 3.75. The summed E-state index contributed by atoms with van der Waals surface area (Å²) >= 11 is 0. The number of carbonyl (C=O) groups excluding carboxylic acids is 3. The van der Waals surface area contributed by atoms with E-state index < -0.39 is 34.3 Å². The molecule has 0 radical (unpaired) electrons. The van der Waals surface area contributed by atoms with Crippen LogP contribution in [0.25, 0.3) is 0 Å². The van der Waals surface area contributed by atoms with Gasteiger partial charge in [-0.15, -0.1) is 0 Å². The van der Waals surface area contributed by atoms with E-state index in [0.717, 1.165) is 15.4 Å². The second-order valence-corrected chi connectivity index (χ2v) is 10.3. The molecule has 0 bridgehead atoms. The number of sulfonamides is 1. The van der Waals surface area contributed by atoms with E-state index in [0.29, 0.717) is 17.7 Å². The van der Waals surface area contributed by atoms with E-state index in [1.54, 1.807) is 60.7 Å². The largest absolute Gasteiger partial charge is 0.370 e. The molecule has 0 aromatic heterocycles. The van der Waals surface area contributed by atoms with Crippen LogP contribution in [0, 0.1) is 6.92 Å². The van der Waals surface area contributed by atoms with Crippen molar-refractivity contribution < 1.29 is 22.8 Å². The number of amides is 3. The van der Waals surface area contributed by atoms with Gasteiger partial charge in [0.2, 0.25) is 5.91 Å². The number of hydrogen-bond donors (Lipinski definition) is 3.